The van der Waals surface area contributed by atoms with Gasteiger partial charge in [0, 0.05) is 0 Å². The van der Waals surface area contributed by atoms with Crippen LogP contribution in [-0.4, -0.2) is 0 Å². The molecular formula is C45H57F3. The molecule has 4 rings (SSSR count). The molecule has 4 aromatic carbocycles. The Morgan fingerprint density at radius 2 is 0.646 bits per heavy atom. The fraction of sp³-hybridized carbons (Fsp3) is 0.467. The normalized spacial score (nSPS) is 13.6. The van der Waals surface area contributed by atoms with Gasteiger partial charge in [0.1, 0.15) is 0 Å². The monoisotopic (exact) mass is 654 g/mol. The van der Waals surface area contributed by atoms with Gasteiger partial charge in [0.05, 0.1) is 5.56 Å². The van der Waals surface area contributed by atoms with Gasteiger partial charge in [-0.2, -0.15) is 13.2 Å². The van der Waals surface area contributed by atoms with Crippen LogP contribution >= 0.6 is 0 Å². The SMILES string of the molecule is CC(C)(C)c1cc(-c2cc(C(C)(C)C)cc(-c3cc(C(C)(C)C)cc(C(C)(C)C)c3)c2-c2ccccc2C(F)(F)F)cc(C(C)(C)C)c1. The molecule has 0 aliphatic heterocycles. The Balaban J connectivity index is 2.35. The van der Waals surface area contributed by atoms with Crippen molar-refractivity contribution in [3.05, 3.63) is 106 Å². The second kappa shape index (κ2) is 12.2. The second-order valence-electron chi connectivity index (χ2n) is 18.8. The van der Waals surface area contributed by atoms with Gasteiger partial charge < -0.3 is 0 Å². The van der Waals surface area contributed by atoms with Crippen molar-refractivity contribution >= 4 is 0 Å². The molecule has 0 spiro atoms. The molecule has 0 saturated heterocycles. The zero-order valence-electron chi connectivity index (χ0n) is 32.1. The Morgan fingerprint density at radius 1 is 0.354 bits per heavy atom. The molecule has 0 aliphatic rings. The van der Waals surface area contributed by atoms with Crippen LogP contribution in [0.25, 0.3) is 33.4 Å². The van der Waals surface area contributed by atoms with Gasteiger partial charge in [-0.25, -0.2) is 0 Å². The van der Waals surface area contributed by atoms with Gasteiger partial charge in [-0.3, -0.25) is 0 Å². The van der Waals surface area contributed by atoms with Crippen LogP contribution in [0.5, 0.6) is 0 Å². The third-order valence-electron chi connectivity index (χ3n) is 9.46. The maximum Gasteiger partial charge on any atom is 0.417 e. The molecule has 0 N–H and O–H groups in total. The molecule has 48 heavy (non-hydrogen) atoms. The van der Waals surface area contributed by atoms with Crippen LogP contribution in [0.4, 0.5) is 13.2 Å². The van der Waals surface area contributed by atoms with Crippen molar-refractivity contribution in [2.45, 2.75) is 137 Å². The Morgan fingerprint density at radius 3 is 0.938 bits per heavy atom. The van der Waals surface area contributed by atoms with E-state index in [1.165, 1.54) is 12.1 Å². The molecule has 0 unspecified atom stereocenters. The summed E-state index contributed by atoms with van der Waals surface area (Å²) < 4.78 is 44.9. The molecule has 4 aromatic rings. The third kappa shape index (κ3) is 8.10. The predicted molar refractivity (Wildman–Crippen MR) is 201 cm³/mol. The van der Waals surface area contributed by atoms with Crippen LogP contribution in [0.1, 0.15) is 137 Å². The predicted octanol–water partition coefficient (Wildman–Crippen LogP) is 14.2. The quantitative estimate of drug-likeness (QED) is 0.206. The molecule has 3 heteroatoms. The summed E-state index contributed by atoms with van der Waals surface area (Å²) in [7, 11) is 0. The van der Waals surface area contributed by atoms with Crippen LogP contribution in [0.3, 0.4) is 0 Å². The Bertz CT molecular complexity index is 1640. The largest absolute Gasteiger partial charge is 0.417 e. The lowest BCUT2D eigenvalue weighted by atomic mass is 9.74. The smallest absolute Gasteiger partial charge is 0.166 e. The summed E-state index contributed by atoms with van der Waals surface area (Å²) in [6.45, 7) is 32.9. The highest BCUT2D eigenvalue weighted by Crippen LogP contribution is 2.49. The molecule has 0 aliphatic carbocycles. The molecule has 0 amide bonds. The third-order valence-corrected chi connectivity index (χ3v) is 9.46. The van der Waals surface area contributed by atoms with Crippen molar-refractivity contribution in [3.8, 4) is 33.4 Å². The molecule has 0 heterocycles. The lowest BCUT2D eigenvalue weighted by Crippen LogP contribution is -2.17. The first-order valence-corrected chi connectivity index (χ1v) is 17.3. The fourth-order valence-electron chi connectivity index (χ4n) is 6.07. The number of alkyl halides is 3. The van der Waals surface area contributed by atoms with Gasteiger partial charge in [0.25, 0.3) is 0 Å². The van der Waals surface area contributed by atoms with Crippen molar-refractivity contribution in [2.75, 3.05) is 0 Å². The molecule has 0 nitrogen and oxygen atoms in total. The number of rotatable bonds is 3. The van der Waals surface area contributed by atoms with Crippen molar-refractivity contribution in [2.24, 2.45) is 0 Å². The van der Waals surface area contributed by atoms with Crippen LogP contribution in [0, 0.1) is 0 Å². The van der Waals surface area contributed by atoms with Crippen LogP contribution < -0.4 is 0 Å². The minimum atomic E-state index is -4.53. The molecule has 258 valence electrons. The second-order valence-corrected chi connectivity index (χ2v) is 18.8. The Kier molecular flexibility index (Phi) is 9.54. The first-order chi connectivity index (χ1) is 21.6. The lowest BCUT2D eigenvalue weighted by molar-refractivity contribution is -0.137. The topological polar surface area (TPSA) is 0 Å². The van der Waals surface area contributed by atoms with Crippen molar-refractivity contribution in [1.82, 2.24) is 0 Å². The molecule has 0 atom stereocenters. The van der Waals surface area contributed by atoms with Gasteiger partial charge in [-0.15, -0.1) is 0 Å². The zero-order chi connectivity index (χ0) is 36.4. The molecule has 0 radical (unpaired) electrons. The number of hydrogen-bond acceptors (Lipinski definition) is 0. The standard InChI is InChI=1S/C45H57F3/c1-40(2,3)30-20-28(21-31(24-30)41(4,5)6)36-26-34(44(13,14)15)27-37(39(36)35-18-16-17-19-38(35)45(46,47)48)29-22-32(42(7,8)9)25-33(23-29)43(10,11)12/h16-27H,1-15H3. The van der Waals surface area contributed by atoms with E-state index in [0.29, 0.717) is 5.56 Å². The Hall–Kier alpha value is -3.33. The summed E-state index contributed by atoms with van der Waals surface area (Å²) in [5.41, 5.74) is 8.55. The minimum absolute atomic E-state index is 0.160. The summed E-state index contributed by atoms with van der Waals surface area (Å²) >= 11 is 0. The molecule has 0 aromatic heterocycles. The maximum atomic E-state index is 15.0. The highest BCUT2D eigenvalue weighted by Gasteiger charge is 2.36. The van der Waals surface area contributed by atoms with Crippen molar-refractivity contribution in [3.63, 3.8) is 0 Å². The van der Waals surface area contributed by atoms with E-state index in [4.69, 9.17) is 0 Å². The Labute approximate surface area is 289 Å². The van der Waals surface area contributed by atoms with E-state index >= 15 is 0 Å². The highest BCUT2D eigenvalue weighted by atomic mass is 19.4. The highest BCUT2D eigenvalue weighted by molar-refractivity contribution is 5.97. The fourth-order valence-corrected chi connectivity index (χ4v) is 6.07. The summed E-state index contributed by atoms with van der Waals surface area (Å²) in [5, 5.41) is 0. The molecule has 0 bridgehead atoms. The van der Waals surface area contributed by atoms with Gasteiger partial charge in [0.2, 0.25) is 0 Å². The van der Waals surface area contributed by atoms with E-state index in [1.807, 2.05) is 0 Å². The first kappa shape index (κ1) is 37.5. The summed E-state index contributed by atoms with van der Waals surface area (Å²) in [6.07, 6.45) is -4.53. The van der Waals surface area contributed by atoms with Gasteiger partial charge in [-0.05, 0) is 106 Å². The minimum Gasteiger partial charge on any atom is -0.166 e. The van der Waals surface area contributed by atoms with E-state index in [9.17, 15) is 13.2 Å². The van der Waals surface area contributed by atoms with Crippen molar-refractivity contribution in [1.29, 1.82) is 0 Å². The van der Waals surface area contributed by atoms with Crippen LogP contribution in [0.2, 0.25) is 0 Å². The van der Waals surface area contributed by atoms with E-state index in [1.54, 1.807) is 12.1 Å². The number of halogens is 3. The lowest BCUT2D eigenvalue weighted by Gasteiger charge is -2.30. The maximum absolute atomic E-state index is 15.0. The number of hydrogen-bond donors (Lipinski definition) is 0. The van der Waals surface area contributed by atoms with E-state index < -0.39 is 11.7 Å². The molecule has 0 fully saturated rings. The first-order valence-electron chi connectivity index (χ1n) is 17.3. The summed E-state index contributed by atoms with van der Waals surface area (Å²) in [4.78, 5) is 0. The molecular weight excluding hydrogens is 597 g/mol. The number of benzene rings is 4. The van der Waals surface area contributed by atoms with E-state index in [0.717, 1.165) is 50.1 Å². The van der Waals surface area contributed by atoms with Gasteiger partial charge >= 0.3 is 6.18 Å². The van der Waals surface area contributed by atoms with Crippen molar-refractivity contribution < 1.29 is 13.2 Å². The van der Waals surface area contributed by atoms with E-state index in [2.05, 4.69) is 152 Å². The average Bonchev–Trinajstić information content (AvgIpc) is 2.93. The van der Waals surface area contributed by atoms with Gasteiger partial charge in [0.15, 0.2) is 0 Å². The summed E-state index contributed by atoms with van der Waals surface area (Å²) in [5.74, 6) is 0. The van der Waals surface area contributed by atoms with Crippen LogP contribution in [0.15, 0.2) is 72.8 Å². The summed E-state index contributed by atoms with van der Waals surface area (Å²) in [6, 6.07) is 23.7. The van der Waals surface area contributed by atoms with Gasteiger partial charge in [-0.1, -0.05) is 158 Å². The van der Waals surface area contributed by atoms with Crippen LogP contribution in [-0.2, 0) is 33.3 Å². The zero-order valence-corrected chi connectivity index (χ0v) is 32.1. The molecule has 0 saturated carbocycles. The van der Waals surface area contributed by atoms with E-state index in [-0.39, 0.29) is 32.6 Å². The average molecular weight is 655 g/mol.